The first-order valence-electron chi connectivity index (χ1n) is 7.46. The van der Waals surface area contributed by atoms with Gasteiger partial charge >= 0.3 is 5.97 Å². The lowest BCUT2D eigenvalue weighted by atomic mass is 10.2. The van der Waals surface area contributed by atoms with E-state index in [1.165, 1.54) is 12.8 Å². The fourth-order valence-electron chi connectivity index (χ4n) is 2.21. The monoisotopic (exact) mass is 284 g/mol. The summed E-state index contributed by atoms with van der Waals surface area (Å²) in [4.78, 5) is 27.6. The Morgan fingerprint density at radius 1 is 1.15 bits per heavy atom. The molecule has 0 aliphatic carbocycles. The summed E-state index contributed by atoms with van der Waals surface area (Å²) in [5.41, 5.74) is -0.484. The maximum Gasteiger partial charge on any atom is 0.306 e. The minimum Gasteiger partial charge on any atom is -0.460 e. The number of likely N-dealkylation sites (tertiary alicyclic amines) is 1. The zero-order valence-electron chi connectivity index (χ0n) is 13.3. The standard InChI is InChI=1S/C15H28N2O3/c1-15(2,3)20-14(19)8-7-13(18)16(4)11-12-17-9-5-6-10-17/h5-12H2,1-4H3. The molecule has 0 aromatic rings. The van der Waals surface area contributed by atoms with E-state index < -0.39 is 5.60 Å². The van der Waals surface area contributed by atoms with Gasteiger partial charge in [-0.05, 0) is 46.7 Å². The molecule has 0 N–H and O–H groups in total. The van der Waals surface area contributed by atoms with E-state index in [1.54, 1.807) is 11.9 Å². The molecule has 0 aromatic heterocycles. The lowest BCUT2D eigenvalue weighted by molar-refractivity contribution is -0.156. The van der Waals surface area contributed by atoms with Gasteiger partial charge in [0.15, 0.2) is 0 Å². The Balaban J connectivity index is 2.18. The van der Waals surface area contributed by atoms with E-state index in [-0.39, 0.29) is 24.7 Å². The number of carbonyl (C=O) groups is 2. The van der Waals surface area contributed by atoms with Gasteiger partial charge in [0.2, 0.25) is 5.91 Å². The summed E-state index contributed by atoms with van der Waals surface area (Å²) in [5.74, 6) is -0.297. The Kier molecular flexibility index (Phi) is 6.46. The molecule has 0 bridgehead atoms. The molecular weight excluding hydrogens is 256 g/mol. The Labute approximate surface area is 122 Å². The van der Waals surface area contributed by atoms with Gasteiger partial charge in [0.05, 0.1) is 6.42 Å². The summed E-state index contributed by atoms with van der Waals surface area (Å²) in [6.45, 7) is 9.42. The second kappa shape index (κ2) is 7.62. The number of carbonyl (C=O) groups excluding carboxylic acids is 2. The van der Waals surface area contributed by atoms with E-state index in [4.69, 9.17) is 4.74 Å². The second-order valence-corrected chi connectivity index (χ2v) is 6.45. The van der Waals surface area contributed by atoms with Gasteiger partial charge in [-0.2, -0.15) is 0 Å². The van der Waals surface area contributed by atoms with Gasteiger partial charge in [0.25, 0.3) is 0 Å². The van der Waals surface area contributed by atoms with Crippen molar-refractivity contribution < 1.29 is 14.3 Å². The van der Waals surface area contributed by atoms with Gasteiger partial charge < -0.3 is 14.5 Å². The summed E-state index contributed by atoms with van der Waals surface area (Å²) < 4.78 is 5.19. The molecule has 1 rings (SSSR count). The number of esters is 1. The van der Waals surface area contributed by atoms with Gasteiger partial charge in [-0.1, -0.05) is 0 Å². The highest BCUT2D eigenvalue weighted by Gasteiger charge is 2.19. The molecule has 20 heavy (non-hydrogen) atoms. The summed E-state index contributed by atoms with van der Waals surface area (Å²) >= 11 is 0. The molecule has 5 nitrogen and oxygen atoms in total. The van der Waals surface area contributed by atoms with Gasteiger partial charge in [0, 0.05) is 26.6 Å². The van der Waals surface area contributed by atoms with Crippen molar-refractivity contribution in [2.75, 3.05) is 33.2 Å². The quantitative estimate of drug-likeness (QED) is 0.696. The van der Waals surface area contributed by atoms with Crippen LogP contribution in [0, 0.1) is 0 Å². The average molecular weight is 284 g/mol. The molecular formula is C15H28N2O3. The molecule has 116 valence electrons. The number of hydrogen-bond donors (Lipinski definition) is 0. The van der Waals surface area contributed by atoms with E-state index in [9.17, 15) is 9.59 Å². The first-order chi connectivity index (χ1) is 9.28. The first-order valence-corrected chi connectivity index (χ1v) is 7.46. The van der Waals surface area contributed by atoms with Crippen LogP contribution in [0.1, 0.15) is 46.5 Å². The molecule has 0 atom stereocenters. The normalized spacial score (nSPS) is 16.2. The molecule has 0 radical (unpaired) electrons. The van der Waals surface area contributed by atoms with Gasteiger partial charge in [-0.25, -0.2) is 0 Å². The number of ether oxygens (including phenoxy) is 1. The predicted molar refractivity (Wildman–Crippen MR) is 78.4 cm³/mol. The maximum absolute atomic E-state index is 11.9. The molecule has 1 amide bonds. The Hall–Kier alpha value is -1.10. The zero-order chi connectivity index (χ0) is 15.2. The lowest BCUT2D eigenvalue weighted by Crippen LogP contribution is -2.35. The van der Waals surface area contributed by atoms with Gasteiger partial charge in [0.1, 0.15) is 5.60 Å². The van der Waals surface area contributed by atoms with E-state index >= 15 is 0 Å². The third-order valence-corrected chi connectivity index (χ3v) is 3.34. The van der Waals surface area contributed by atoms with Crippen molar-refractivity contribution in [1.29, 1.82) is 0 Å². The van der Waals surface area contributed by atoms with Crippen LogP contribution in [-0.4, -0.2) is 60.5 Å². The smallest absolute Gasteiger partial charge is 0.306 e. The Morgan fingerprint density at radius 2 is 1.75 bits per heavy atom. The van der Waals surface area contributed by atoms with Gasteiger partial charge in [-0.15, -0.1) is 0 Å². The minimum atomic E-state index is -0.484. The van der Waals surface area contributed by atoms with Crippen molar-refractivity contribution in [3.05, 3.63) is 0 Å². The molecule has 1 heterocycles. The van der Waals surface area contributed by atoms with Crippen LogP contribution in [0.4, 0.5) is 0 Å². The van der Waals surface area contributed by atoms with E-state index in [1.807, 2.05) is 20.8 Å². The highest BCUT2D eigenvalue weighted by Crippen LogP contribution is 2.10. The summed E-state index contributed by atoms with van der Waals surface area (Å²) in [7, 11) is 1.80. The molecule has 1 fully saturated rings. The molecule has 1 saturated heterocycles. The van der Waals surface area contributed by atoms with Crippen LogP contribution in [0.25, 0.3) is 0 Å². The molecule has 1 aliphatic rings. The van der Waals surface area contributed by atoms with Crippen molar-refractivity contribution >= 4 is 11.9 Å². The molecule has 1 aliphatic heterocycles. The number of likely N-dealkylation sites (N-methyl/N-ethyl adjacent to an activating group) is 1. The molecule has 5 heteroatoms. The van der Waals surface area contributed by atoms with Crippen LogP contribution in [0.15, 0.2) is 0 Å². The summed E-state index contributed by atoms with van der Waals surface area (Å²) in [6, 6.07) is 0. The van der Waals surface area contributed by atoms with Crippen molar-refractivity contribution in [3.8, 4) is 0 Å². The lowest BCUT2D eigenvalue weighted by Gasteiger charge is -2.22. The molecule has 0 spiro atoms. The van der Waals surface area contributed by atoms with E-state index in [0.717, 1.165) is 26.2 Å². The maximum atomic E-state index is 11.9. The van der Waals surface area contributed by atoms with Crippen LogP contribution < -0.4 is 0 Å². The summed E-state index contributed by atoms with van der Waals surface area (Å²) in [5, 5.41) is 0. The molecule has 0 aromatic carbocycles. The topological polar surface area (TPSA) is 49.9 Å². The molecule has 0 saturated carbocycles. The largest absolute Gasteiger partial charge is 0.460 e. The first kappa shape index (κ1) is 17.0. The van der Waals surface area contributed by atoms with Crippen molar-refractivity contribution in [2.24, 2.45) is 0 Å². The van der Waals surface area contributed by atoms with Gasteiger partial charge in [-0.3, -0.25) is 9.59 Å². The average Bonchev–Trinajstić information content (AvgIpc) is 2.83. The third-order valence-electron chi connectivity index (χ3n) is 3.34. The highest BCUT2D eigenvalue weighted by atomic mass is 16.6. The molecule has 0 unspecified atom stereocenters. The van der Waals surface area contributed by atoms with Crippen LogP contribution in [0.2, 0.25) is 0 Å². The number of amides is 1. The second-order valence-electron chi connectivity index (χ2n) is 6.45. The number of hydrogen-bond acceptors (Lipinski definition) is 4. The summed E-state index contributed by atoms with van der Waals surface area (Å²) in [6.07, 6.45) is 2.90. The fourth-order valence-corrected chi connectivity index (χ4v) is 2.21. The van der Waals surface area contributed by atoms with Crippen molar-refractivity contribution in [2.45, 2.75) is 52.1 Å². The number of rotatable bonds is 6. The van der Waals surface area contributed by atoms with Crippen LogP contribution >= 0.6 is 0 Å². The van der Waals surface area contributed by atoms with Crippen molar-refractivity contribution in [1.82, 2.24) is 9.80 Å². The zero-order valence-corrected chi connectivity index (χ0v) is 13.3. The Bertz CT molecular complexity index is 331. The van der Waals surface area contributed by atoms with Crippen LogP contribution in [-0.2, 0) is 14.3 Å². The van der Waals surface area contributed by atoms with Crippen LogP contribution in [0.5, 0.6) is 0 Å². The highest BCUT2D eigenvalue weighted by molar-refractivity contribution is 5.81. The SMILES string of the molecule is CN(CCN1CCCC1)C(=O)CCC(=O)OC(C)(C)C. The van der Waals surface area contributed by atoms with E-state index in [0.29, 0.717) is 0 Å². The minimum absolute atomic E-state index is 0.00931. The number of nitrogens with zero attached hydrogens (tertiary/aromatic N) is 2. The third kappa shape index (κ3) is 6.89. The van der Waals surface area contributed by atoms with Crippen molar-refractivity contribution in [3.63, 3.8) is 0 Å². The Morgan fingerprint density at radius 3 is 2.30 bits per heavy atom. The predicted octanol–water partition coefficient (Wildman–Crippen LogP) is 1.66. The van der Waals surface area contributed by atoms with Crippen LogP contribution in [0.3, 0.4) is 0 Å². The van der Waals surface area contributed by atoms with E-state index in [2.05, 4.69) is 4.90 Å². The fraction of sp³-hybridized carbons (Fsp3) is 0.867.